The molecule has 4 heterocycles. The highest BCUT2D eigenvalue weighted by Gasteiger charge is 2.32. The number of likely N-dealkylation sites (tertiary alicyclic amines) is 1. The number of hydrogen-bond donors (Lipinski definition) is 1. The van der Waals surface area contributed by atoms with Crippen molar-refractivity contribution in [2.24, 2.45) is 0 Å². The Morgan fingerprint density at radius 3 is 2.83 bits per heavy atom. The minimum absolute atomic E-state index is 0.0235. The Labute approximate surface area is 175 Å². The first-order chi connectivity index (χ1) is 14.3. The lowest BCUT2D eigenvalue weighted by Gasteiger charge is -2.35. The van der Waals surface area contributed by atoms with Crippen LogP contribution >= 0.6 is 0 Å². The number of aliphatic hydroxyl groups is 1. The highest BCUT2D eigenvalue weighted by molar-refractivity contribution is 5.97. The summed E-state index contributed by atoms with van der Waals surface area (Å²) >= 11 is 0. The second-order valence-electron chi connectivity index (χ2n) is 8.25. The molecule has 3 aromatic rings. The molecule has 0 aromatic carbocycles. The van der Waals surface area contributed by atoms with Gasteiger partial charge in [0.1, 0.15) is 17.1 Å². The van der Waals surface area contributed by atoms with Crippen LogP contribution in [0.15, 0.2) is 41.2 Å². The summed E-state index contributed by atoms with van der Waals surface area (Å²) < 4.78 is 7.44. The summed E-state index contributed by atoms with van der Waals surface area (Å²) in [6.07, 6.45) is 8.50. The van der Waals surface area contributed by atoms with E-state index in [9.17, 15) is 9.90 Å². The normalized spacial score (nSPS) is 17.3. The predicted octanol–water partition coefficient (Wildman–Crippen LogP) is 3.03. The van der Waals surface area contributed by atoms with Crippen LogP contribution in [0.2, 0.25) is 0 Å². The minimum atomic E-state index is -1.07. The molecule has 1 N–H and O–H groups in total. The van der Waals surface area contributed by atoms with Crippen molar-refractivity contribution >= 4 is 5.91 Å². The number of nitrogens with zero attached hydrogens (tertiary/aromatic N) is 5. The maximum Gasteiger partial charge on any atom is 0.257 e. The van der Waals surface area contributed by atoms with Gasteiger partial charge in [0.2, 0.25) is 0 Å². The molecule has 0 spiro atoms. The van der Waals surface area contributed by atoms with Gasteiger partial charge in [-0.1, -0.05) is 0 Å². The van der Waals surface area contributed by atoms with Crippen molar-refractivity contribution in [1.29, 1.82) is 0 Å². The number of carbonyl (C=O) groups excluding carboxylic acids is 1. The summed E-state index contributed by atoms with van der Waals surface area (Å²) in [5, 5.41) is 14.5. The van der Waals surface area contributed by atoms with Crippen molar-refractivity contribution < 1.29 is 14.3 Å². The van der Waals surface area contributed by atoms with Crippen molar-refractivity contribution in [3.63, 3.8) is 0 Å². The summed E-state index contributed by atoms with van der Waals surface area (Å²) in [6.45, 7) is 5.86. The van der Waals surface area contributed by atoms with Gasteiger partial charge in [-0.3, -0.25) is 4.79 Å². The first-order valence-corrected chi connectivity index (χ1v) is 10.3. The topological polar surface area (TPSA) is 97.3 Å². The Morgan fingerprint density at radius 1 is 1.30 bits per heavy atom. The number of pyridine rings is 1. The van der Waals surface area contributed by atoms with Crippen LogP contribution in [0, 0.1) is 6.92 Å². The Bertz CT molecular complexity index is 1020. The average Bonchev–Trinajstić information content (AvgIpc) is 3.37. The maximum absolute atomic E-state index is 13.5. The number of oxazole rings is 1. The Kier molecular flexibility index (Phi) is 5.42. The molecule has 1 amide bonds. The number of aryl methyl sites for hydroxylation is 1. The zero-order chi connectivity index (χ0) is 21.3. The van der Waals surface area contributed by atoms with Gasteiger partial charge in [-0.2, -0.15) is 5.10 Å². The number of rotatable bonds is 5. The van der Waals surface area contributed by atoms with Crippen molar-refractivity contribution in [2.45, 2.75) is 58.1 Å². The zero-order valence-corrected chi connectivity index (χ0v) is 17.6. The average molecular weight is 409 g/mol. The molecule has 0 radical (unpaired) electrons. The lowest BCUT2D eigenvalue weighted by molar-refractivity contribution is 0.0603. The largest absolute Gasteiger partial charge is 0.446 e. The Balaban J connectivity index is 1.60. The van der Waals surface area contributed by atoms with Gasteiger partial charge in [0.15, 0.2) is 11.7 Å². The number of amides is 1. The van der Waals surface area contributed by atoms with Gasteiger partial charge in [-0.25, -0.2) is 14.6 Å². The fraction of sp³-hybridized carbons (Fsp3) is 0.455. The number of aromatic nitrogens is 4. The molecular weight excluding hydrogens is 382 g/mol. The van der Waals surface area contributed by atoms with Crippen molar-refractivity contribution in [3.8, 4) is 5.82 Å². The van der Waals surface area contributed by atoms with E-state index in [0.29, 0.717) is 41.7 Å². The van der Waals surface area contributed by atoms with Crippen LogP contribution in [0.25, 0.3) is 5.82 Å². The van der Waals surface area contributed by atoms with E-state index < -0.39 is 5.60 Å². The smallest absolute Gasteiger partial charge is 0.257 e. The van der Waals surface area contributed by atoms with Gasteiger partial charge in [-0.05, 0) is 58.2 Å². The van der Waals surface area contributed by atoms with Gasteiger partial charge in [0.25, 0.3) is 5.91 Å². The van der Waals surface area contributed by atoms with Crippen LogP contribution in [-0.2, 0) is 12.0 Å². The zero-order valence-electron chi connectivity index (χ0n) is 17.6. The third-order valence-corrected chi connectivity index (χ3v) is 5.46. The SMILES string of the molecule is Cc1oc(CC2CCCCN2C(=O)c2cccnc2-n2cccn2)nc1C(C)(C)O. The Morgan fingerprint density at radius 2 is 2.13 bits per heavy atom. The van der Waals surface area contributed by atoms with Gasteiger partial charge in [0.05, 0.1) is 5.56 Å². The molecule has 1 fully saturated rings. The van der Waals surface area contributed by atoms with E-state index in [0.717, 1.165) is 19.3 Å². The minimum Gasteiger partial charge on any atom is -0.446 e. The lowest BCUT2D eigenvalue weighted by Crippen LogP contribution is -2.45. The highest BCUT2D eigenvalue weighted by Crippen LogP contribution is 2.27. The molecule has 0 saturated carbocycles. The quantitative estimate of drug-likeness (QED) is 0.696. The van der Waals surface area contributed by atoms with E-state index in [2.05, 4.69) is 15.1 Å². The fourth-order valence-electron chi connectivity index (χ4n) is 4.08. The van der Waals surface area contributed by atoms with Gasteiger partial charge >= 0.3 is 0 Å². The Hall–Kier alpha value is -3.00. The van der Waals surface area contributed by atoms with Gasteiger partial charge < -0.3 is 14.4 Å². The molecule has 0 bridgehead atoms. The number of piperidine rings is 1. The predicted molar refractivity (Wildman–Crippen MR) is 110 cm³/mol. The van der Waals surface area contributed by atoms with E-state index in [1.54, 1.807) is 62.2 Å². The van der Waals surface area contributed by atoms with E-state index in [-0.39, 0.29) is 11.9 Å². The first kappa shape index (κ1) is 20.3. The molecule has 0 aliphatic carbocycles. The molecule has 158 valence electrons. The molecule has 8 nitrogen and oxygen atoms in total. The fourth-order valence-corrected chi connectivity index (χ4v) is 4.08. The van der Waals surface area contributed by atoms with Crippen molar-refractivity contribution in [1.82, 2.24) is 24.6 Å². The molecule has 4 rings (SSSR count). The third-order valence-electron chi connectivity index (χ3n) is 5.46. The van der Waals surface area contributed by atoms with Crippen LogP contribution in [0.3, 0.4) is 0 Å². The summed E-state index contributed by atoms with van der Waals surface area (Å²) in [7, 11) is 0. The second-order valence-corrected chi connectivity index (χ2v) is 8.25. The summed E-state index contributed by atoms with van der Waals surface area (Å²) in [4.78, 5) is 24.3. The molecule has 3 aromatic heterocycles. The highest BCUT2D eigenvalue weighted by atomic mass is 16.4. The number of carbonyl (C=O) groups is 1. The van der Waals surface area contributed by atoms with E-state index in [1.165, 1.54) is 0 Å². The van der Waals surface area contributed by atoms with Crippen molar-refractivity contribution in [2.75, 3.05) is 6.54 Å². The van der Waals surface area contributed by atoms with Crippen LogP contribution < -0.4 is 0 Å². The molecule has 8 heteroatoms. The second kappa shape index (κ2) is 8.02. The standard InChI is InChI=1S/C22H27N5O3/c1-15-19(22(2,3)29)25-18(30-15)14-16-8-4-5-12-26(16)21(28)17-9-6-10-23-20(17)27-13-7-11-24-27/h6-7,9-11,13,16,29H,4-5,8,12,14H2,1-3H3. The van der Waals surface area contributed by atoms with Crippen molar-refractivity contribution in [3.05, 3.63) is 59.7 Å². The van der Waals surface area contributed by atoms with Gasteiger partial charge in [0, 0.05) is 37.6 Å². The lowest BCUT2D eigenvalue weighted by atomic mass is 9.98. The molecule has 1 unspecified atom stereocenters. The number of hydrogen-bond acceptors (Lipinski definition) is 6. The molecular formula is C22H27N5O3. The summed E-state index contributed by atoms with van der Waals surface area (Å²) in [5.41, 5.74) is -0.00396. The molecule has 1 aliphatic rings. The van der Waals surface area contributed by atoms with Gasteiger partial charge in [-0.15, -0.1) is 0 Å². The molecule has 1 saturated heterocycles. The van der Waals surface area contributed by atoms with Crippen LogP contribution in [0.4, 0.5) is 0 Å². The first-order valence-electron chi connectivity index (χ1n) is 10.3. The molecule has 1 aliphatic heterocycles. The van der Waals surface area contributed by atoms with Crippen LogP contribution in [0.5, 0.6) is 0 Å². The maximum atomic E-state index is 13.5. The van der Waals surface area contributed by atoms with E-state index in [4.69, 9.17) is 4.42 Å². The van der Waals surface area contributed by atoms with Crippen LogP contribution in [0.1, 0.15) is 60.8 Å². The molecule has 1 atom stereocenters. The monoisotopic (exact) mass is 409 g/mol. The van der Waals surface area contributed by atoms with E-state index >= 15 is 0 Å². The third kappa shape index (κ3) is 4.00. The molecule has 30 heavy (non-hydrogen) atoms. The summed E-state index contributed by atoms with van der Waals surface area (Å²) in [5.74, 6) is 1.62. The van der Waals surface area contributed by atoms with Crippen LogP contribution in [-0.4, -0.2) is 48.2 Å². The van der Waals surface area contributed by atoms with E-state index in [1.807, 2.05) is 4.90 Å². The summed E-state index contributed by atoms with van der Waals surface area (Å²) in [6, 6.07) is 5.34.